The third kappa shape index (κ3) is 2.31. The molecule has 1 aromatic carbocycles. The Kier molecular flexibility index (Phi) is 3.06. The summed E-state index contributed by atoms with van der Waals surface area (Å²) in [4.78, 5) is 0. The van der Waals surface area contributed by atoms with Crippen LogP contribution in [-0.2, 0) is 6.42 Å². The van der Waals surface area contributed by atoms with Gasteiger partial charge in [-0.1, -0.05) is 6.07 Å². The van der Waals surface area contributed by atoms with E-state index < -0.39 is 0 Å². The molecule has 0 bridgehead atoms. The van der Waals surface area contributed by atoms with Crippen molar-refractivity contribution in [1.29, 1.82) is 0 Å². The fourth-order valence-electron chi connectivity index (χ4n) is 1.84. The van der Waals surface area contributed by atoms with Crippen LogP contribution in [-0.4, -0.2) is 21.5 Å². The maximum atomic E-state index is 8.84. The molecule has 0 aliphatic carbocycles. The number of aryl methyl sites for hydroxylation is 2. The first kappa shape index (κ1) is 10.9. The van der Waals surface area contributed by atoms with Gasteiger partial charge in [-0.3, -0.25) is 0 Å². The molecule has 0 saturated carbocycles. The number of aromatic nitrogens is 2. The Balaban J connectivity index is 2.34. The number of rotatable bonds is 3. The van der Waals surface area contributed by atoms with Crippen LogP contribution in [0.3, 0.4) is 0 Å². The Bertz CT molecular complexity index is 468. The van der Waals surface area contributed by atoms with E-state index in [4.69, 9.17) is 5.11 Å². The highest BCUT2D eigenvalue weighted by molar-refractivity contribution is 5.38. The Hall–Kier alpha value is -1.61. The van der Waals surface area contributed by atoms with E-state index in [1.165, 1.54) is 11.1 Å². The number of aliphatic hydroxyl groups excluding tert-OH is 1. The number of aliphatic hydroxyl groups is 1. The molecule has 0 saturated heterocycles. The third-order valence-corrected chi connectivity index (χ3v) is 2.48. The van der Waals surface area contributed by atoms with Crippen molar-refractivity contribution in [2.24, 2.45) is 0 Å². The SMILES string of the molecule is Cc1cc(C)cc(-n2ccc(CCO)n2)c1. The number of benzene rings is 1. The van der Waals surface area contributed by atoms with Gasteiger partial charge >= 0.3 is 0 Å². The smallest absolute Gasteiger partial charge is 0.0651 e. The van der Waals surface area contributed by atoms with Crippen molar-refractivity contribution in [3.8, 4) is 5.69 Å². The van der Waals surface area contributed by atoms with E-state index in [2.05, 4.69) is 37.1 Å². The van der Waals surface area contributed by atoms with Crippen LogP contribution in [0.4, 0.5) is 0 Å². The van der Waals surface area contributed by atoms with Gasteiger partial charge in [0, 0.05) is 19.2 Å². The zero-order valence-corrected chi connectivity index (χ0v) is 9.64. The lowest BCUT2D eigenvalue weighted by Gasteiger charge is -2.04. The van der Waals surface area contributed by atoms with Crippen LogP contribution in [0.15, 0.2) is 30.5 Å². The molecule has 1 heterocycles. The summed E-state index contributed by atoms with van der Waals surface area (Å²) in [5, 5.41) is 13.2. The molecule has 1 aromatic heterocycles. The van der Waals surface area contributed by atoms with Gasteiger partial charge in [-0.15, -0.1) is 0 Å². The van der Waals surface area contributed by atoms with Crippen molar-refractivity contribution < 1.29 is 5.11 Å². The second kappa shape index (κ2) is 4.49. The first-order valence-corrected chi connectivity index (χ1v) is 5.43. The Labute approximate surface area is 95.3 Å². The van der Waals surface area contributed by atoms with Gasteiger partial charge in [-0.05, 0) is 43.2 Å². The molecule has 0 spiro atoms. The van der Waals surface area contributed by atoms with E-state index in [0.717, 1.165) is 11.4 Å². The zero-order chi connectivity index (χ0) is 11.5. The summed E-state index contributed by atoms with van der Waals surface area (Å²) in [7, 11) is 0. The highest BCUT2D eigenvalue weighted by Crippen LogP contribution is 2.13. The largest absolute Gasteiger partial charge is 0.396 e. The summed E-state index contributed by atoms with van der Waals surface area (Å²) < 4.78 is 1.85. The van der Waals surface area contributed by atoms with Crippen molar-refractivity contribution in [1.82, 2.24) is 9.78 Å². The molecule has 0 aliphatic rings. The van der Waals surface area contributed by atoms with Gasteiger partial charge in [-0.2, -0.15) is 5.10 Å². The first-order valence-electron chi connectivity index (χ1n) is 5.43. The molecule has 1 N–H and O–H groups in total. The lowest BCUT2D eigenvalue weighted by atomic mass is 10.1. The molecule has 16 heavy (non-hydrogen) atoms. The fourth-order valence-corrected chi connectivity index (χ4v) is 1.84. The van der Waals surface area contributed by atoms with E-state index in [9.17, 15) is 0 Å². The number of nitrogens with zero attached hydrogens (tertiary/aromatic N) is 2. The Morgan fingerprint density at radius 1 is 1.19 bits per heavy atom. The maximum absolute atomic E-state index is 8.84. The molecular weight excluding hydrogens is 200 g/mol. The molecule has 2 rings (SSSR count). The third-order valence-electron chi connectivity index (χ3n) is 2.48. The van der Waals surface area contributed by atoms with Crippen molar-refractivity contribution in [2.45, 2.75) is 20.3 Å². The molecule has 84 valence electrons. The minimum atomic E-state index is 0.143. The molecule has 0 radical (unpaired) electrons. The second-order valence-electron chi connectivity index (χ2n) is 4.07. The predicted octanol–water partition coefficient (Wildman–Crippen LogP) is 2.02. The zero-order valence-electron chi connectivity index (χ0n) is 9.64. The molecular formula is C13H16N2O. The standard InChI is InChI=1S/C13H16N2O/c1-10-7-11(2)9-13(8-10)15-5-3-12(14-15)4-6-16/h3,5,7-9,16H,4,6H2,1-2H3. The van der Waals surface area contributed by atoms with E-state index in [1.807, 2.05) is 16.9 Å². The van der Waals surface area contributed by atoms with E-state index in [0.29, 0.717) is 6.42 Å². The molecule has 3 nitrogen and oxygen atoms in total. The van der Waals surface area contributed by atoms with Crippen molar-refractivity contribution in [2.75, 3.05) is 6.61 Å². The van der Waals surface area contributed by atoms with Crippen LogP contribution >= 0.6 is 0 Å². The van der Waals surface area contributed by atoms with Crippen molar-refractivity contribution >= 4 is 0 Å². The van der Waals surface area contributed by atoms with Gasteiger partial charge in [0.25, 0.3) is 0 Å². The lowest BCUT2D eigenvalue weighted by molar-refractivity contribution is 0.298. The molecule has 3 heteroatoms. The molecule has 0 amide bonds. The highest BCUT2D eigenvalue weighted by Gasteiger charge is 2.02. The van der Waals surface area contributed by atoms with Gasteiger partial charge in [-0.25, -0.2) is 4.68 Å². The Morgan fingerprint density at radius 3 is 2.50 bits per heavy atom. The fraction of sp³-hybridized carbons (Fsp3) is 0.308. The van der Waals surface area contributed by atoms with Crippen LogP contribution in [0.25, 0.3) is 5.69 Å². The average Bonchev–Trinajstić information content (AvgIpc) is 2.65. The second-order valence-corrected chi connectivity index (χ2v) is 4.07. The summed E-state index contributed by atoms with van der Waals surface area (Å²) in [6.45, 7) is 4.30. The monoisotopic (exact) mass is 216 g/mol. The Morgan fingerprint density at radius 2 is 1.88 bits per heavy atom. The van der Waals surface area contributed by atoms with Crippen LogP contribution in [0.5, 0.6) is 0 Å². The molecule has 0 aliphatic heterocycles. The van der Waals surface area contributed by atoms with Crippen LogP contribution in [0.1, 0.15) is 16.8 Å². The molecule has 0 fully saturated rings. The van der Waals surface area contributed by atoms with Gasteiger partial charge in [0.1, 0.15) is 0 Å². The summed E-state index contributed by atoms with van der Waals surface area (Å²) >= 11 is 0. The number of hydrogen-bond donors (Lipinski definition) is 1. The maximum Gasteiger partial charge on any atom is 0.0651 e. The van der Waals surface area contributed by atoms with Gasteiger partial charge in [0.2, 0.25) is 0 Å². The quantitative estimate of drug-likeness (QED) is 0.852. The first-order chi connectivity index (χ1) is 7.69. The summed E-state index contributed by atoms with van der Waals surface area (Å²) in [6.07, 6.45) is 2.54. The summed E-state index contributed by atoms with van der Waals surface area (Å²) in [5.74, 6) is 0. The van der Waals surface area contributed by atoms with Crippen LogP contribution < -0.4 is 0 Å². The van der Waals surface area contributed by atoms with E-state index in [-0.39, 0.29) is 6.61 Å². The summed E-state index contributed by atoms with van der Waals surface area (Å²) in [5.41, 5.74) is 4.45. The highest BCUT2D eigenvalue weighted by atomic mass is 16.3. The number of hydrogen-bond acceptors (Lipinski definition) is 2. The minimum absolute atomic E-state index is 0.143. The van der Waals surface area contributed by atoms with E-state index in [1.54, 1.807) is 0 Å². The normalized spacial score (nSPS) is 10.7. The topological polar surface area (TPSA) is 38.0 Å². The van der Waals surface area contributed by atoms with Crippen molar-refractivity contribution in [3.63, 3.8) is 0 Å². The molecule has 2 aromatic rings. The van der Waals surface area contributed by atoms with Gasteiger partial charge in [0.15, 0.2) is 0 Å². The molecule has 0 unspecified atom stereocenters. The van der Waals surface area contributed by atoms with Crippen LogP contribution in [0, 0.1) is 13.8 Å². The van der Waals surface area contributed by atoms with Gasteiger partial charge < -0.3 is 5.11 Å². The van der Waals surface area contributed by atoms with Crippen LogP contribution in [0.2, 0.25) is 0 Å². The van der Waals surface area contributed by atoms with E-state index >= 15 is 0 Å². The molecule has 0 atom stereocenters. The van der Waals surface area contributed by atoms with Gasteiger partial charge in [0.05, 0.1) is 11.4 Å². The minimum Gasteiger partial charge on any atom is -0.396 e. The van der Waals surface area contributed by atoms with Crippen molar-refractivity contribution in [3.05, 3.63) is 47.3 Å². The predicted molar refractivity (Wildman–Crippen MR) is 63.8 cm³/mol. The average molecular weight is 216 g/mol. The summed E-state index contributed by atoms with van der Waals surface area (Å²) in [6, 6.07) is 8.28. The lowest BCUT2D eigenvalue weighted by Crippen LogP contribution is -1.98.